The molecule has 1 aliphatic heterocycles. The van der Waals surface area contributed by atoms with Crippen LogP contribution in [-0.4, -0.2) is 43.0 Å². The minimum atomic E-state index is -0.701. The average molecular weight is 487 g/mol. The Kier molecular flexibility index (Phi) is 8.38. The number of alkyl halides is 1. The summed E-state index contributed by atoms with van der Waals surface area (Å²) in [6.45, 7) is 2.51. The number of benzene rings is 2. The number of nitroso groups, excluding NO2 is 1. The Labute approximate surface area is 205 Å². The molecule has 6 nitrogen and oxygen atoms in total. The lowest BCUT2D eigenvalue weighted by molar-refractivity contribution is -0.131. The number of amides is 1. The van der Waals surface area contributed by atoms with Crippen LogP contribution in [0.5, 0.6) is 0 Å². The predicted molar refractivity (Wildman–Crippen MR) is 136 cm³/mol. The van der Waals surface area contributed by atoms with Crippen LogP contribution in [0.2, 0.25) is 5.02 Å². The number of anilines is 2. The van der Waals surface area contributed by atoms with Gasteiger partial charge in [0.25, 0.3) is 0 Å². The average Bonchev–Trinajstić information content (AvgIpc) is 2.88. The van der Waals surface area contributed by atoms with E-state index in [1.54, 1.807) is 18.2 Å². The van der Waals surface area contributed by atoms with Crippen molar-refractivity contribution in [3.63, 3.8) is 0 Å². The van der Waals surface area contributed by atoms with Crippen LogP contribution in [0, 0.1) is 10.8 Å². The summed E-state index contributed by atoms with van der Waals surface area (Å²) in [6.07, 6.45) is 5.77. The third kappa shape index (κ3) is 6.26. The molecule has 8 heteroatoms. The third-order valence-corrected chi connectivity index (χ3v) is 7.38. The summed E-state index contributed by atoms with van der Waals surface area (Å²) in [5, 5.41) is 7.07. The lowest BCUT2D eigenvalue weighted by Gasteiger charge is -2.36. The van der Waals surface area contributed by atoms with Crippen molar-refractivity contribution in [2.75, 3.05) is 36.4 Å². The zero-order chi connectivity index (χ0) is 23.9. The summed E-state index contributed by atoms with van der Waals surface area (Å²) in [6, 6.07) is 13.2. The number of rotatable bonds is 8. The van der Waals surface area contributed by atoms with E-state index in [-0.39, 0.29) is 11.6 Å². The molecule has 0 atom stereocenters. The highest BCUT2D eigenvalue weighted by Gasteiger charge is 2.25. The molecule has 2 aliphatic rings. The Morgan fingerprint density at radius 3 is 2.38 bits per heavy atom. The van der Waals surface area contributed by atoms with E-state index in [0.717, 1.165) is 74.7 Å². The molecule has 1 N–H and O–H groups in total. The molecule has 34 heavy (non-hydrogen) atoms. The monoisotopic (exact) mass is 486 g/mol. The largest absolute Gasteiger partial charge is 0.382 e. The van der Waals surface area contributed by atoms with Gasteiger partial charge in [-0.05, 0) is 85.7 Å². The Hall–Kier alpha value is -2.67. The second-order valence-corrected chi connectivity index (χ2v) is 9.75. The van der Waals surface area contributed by atoms with E-state index in [1.807, 2.05) is 29.2 Å². The van der Waals surface area contributed by atoms with E-state index < -0.39 is 6.67 Å². The Morgan fingerprint density at radius 1 is 1.03 bits per heavy atom. The van der Waals surface area contributed by atoms with Crippen LogP contribution in [-0.2, 0) is 11.5 Å². The molecule has 1 saturated carbocycles. The highest BCUT2D eigenvalue weighted by molar-refractivity contribution is 6.30. The first-order valence-electron chi connectivity index (χ1n) is 12.1. The first kappa shape index (κ1) is 24.5. The number of hydrogen-bond donors (Lipinski definition) is 1. The van der Waals surface area contributed by atoms with E-state index >= 15 is 0 Å². The molecule has 1 heterocycles. The van der Waals surface area contributed by atoms with Gasteiger partial charge in [-0.1, -0.05) is 11.6 Å². The Morgan fingerprint density at radius 2 is 1.74 bits per heavy atom. The van der Waals surface area contributed by atoms with Crippen molar-refractivity contribution in [3.05, 3.63) is 58.0 Å². The lowest BCUT2D eigenvalue weighted by Crippen LogP contribution is -2.48. The first-order valence-corrected chi connectivity index (χ1v) is 12.5. The highest BCUT2D eigenvalue weighted by atomic mass is 35.5. The molecule has 1 saturated heterocycles. The van der Waals surface area contributed by atoms with Gasteiger partial charge in [0.05, 0.1) is 0 Å². The fourth-order valence-corrected chi connectivity index (χ4v) is 5.18. The van der Waals surface area contributed by atoms with Crippen LogP contribution in [0.25, 0.3) is 0 Å². The third-order valence-electron chi connectivity index (χ3n) is 7.13. The maximum atomic E-state index is 13.1. The molecule has 1 aliphatic carbocycles. The summed E-state index contributed by atoms with van der Waals surface area (Å²) in [5.41, 5.74) is 2.46. The molecule has 2 aromatic rings. The van der Waals surface area contributed by atoms with Crippen LogP contribution in [0.15, 0.2) is 47.6 Å². The zero-order valence-electron chi connectivity index (χ0n) is 19.4. The van der Waals surface area contributed by atoms with Gasteiger partial charge in [-0.25, -0.2) is 4.39 Å². The van der Waals surface area contributed by atoms with Crippen molar-refractivity contribution in [1.82, 2.24) is 4.90 Å². The maximum absolute atomic E-state index is 13.1. The maximum Gasteiger partial charge on any atom is 0.222 e. The number of nitrogens with zero attached hydrogens (tertiary/aromatic N) is 3. The summed E-state index contributed by atoms with van der Waals surface area (Å²) >= 11 is 5.98. The van der Waals surface area contributed by atoms with Crippen molar-refractivity contribution >= 4 is 34.6 Å². The fraction of sp³-hybridized carbons (Fsp3) is 0.500. The Bertz CT molecular complexity index is 971. The van der Waals surface area contributed by atoms with Gasteiger partial charge >= 0.3 is 0 Å². The molecule has 0 aromatic heterocycles. The van der Waals surface area contributed by atoms with Crippen molar-refractivity contribution < 1.29 is 9.18 Å². The van der Waals surface area contributed by atoms with Gasteiger partial charge < -0.3 is 15.1 Å². The molecule has 2 fully saturated rings. The minimum Gasteiger partial charge on any atom is -0.382 e. The number of carbonyl (C=O) groups excluding carboxylic acids is 1. The summed E-state index contributed by atoms with van der Waals surface area (Å²) in [4.78, 5) is 27.8. The van der Waals surface area contributed by atoms with Crippen molar-refractivity contribution in [3.8, 4) is 0 Å². The number of hydrogen-bond acceptors (Lipinski definition) is 5. The molecule has 182 valence electrons. The quantitative estimate of drug-likeness (QED) is 0.444. The highest BCUT2D eigenvalue weighted by Crippen LogP contribution is 2.31. The van der Waals surface area contributed by atoms with Gasteiger partial charge in [0, 0.05) is 60.6 Å². The lowest BCUT2D eigenvalue weighted by atomic mass is 9.83. The standard InChI is InChI=1S/C26H32ClFN4O2/c27-21-4-9-24(10-5-21)31-13-15-32(16-14-31)26(33)12-3-19-1-6-22(7-2-19)29-23-8-11-25(30-34)20(17-23)18-28/h4-5,8-11,17,19,22,29H,1-3,6-7,12-16,18H2. The van der Waals surface area contributed by atoms with Crippen molar-refractivity contribution in [1.29, 1.82) is 0 Å². The van der Waals surface area contributed by atoms with Crippen LogP contribution < -0.4 is 10.2 Å². The molecule has 1 amide bonds. The van der Waals surface area contributed by atoms with Crippen LogP contribution in [0.1, 0.15) is 44.1 Å². The molecule has 4 rings (SSSR count). The summed E-state index contributed by atoms with van der Waals surface area (Å²) in [5.74, 6) is 0.832. The number of piperazine rings is 1. The topological polar surface area (TPSA) is 65.0 Å². The molecule has 2 aromatic carbocycles. The zero-order valence-corrected chi connectivity index (χ0v) is 20.1. The molecule has 0 spiro atoms. The number of nitrogens with one attached hydrogen (secondary N) is 1. The van der Waals surface area contributed by atoms with Gasteiger partial charge in [0.15, 0.2) is 0 Å². The van der Waals surface area contributed by atoms with Gasteiger partial charge in [-0.15, -0.1) is 4.91 Å². The van der Waals surface area contributed by atoms with Gasteiger partial charge in [0.1, 0.15) is 12.4 Å². The van der Waals surface area contributed by atoms with Crippen molar-refractivity contribution in [2.24, 2.45) is 11.1 Å². The molecule has 0 radical (unpaired) electrons. The number of halogens is 2. The van der Waals surface area contributed by atoms with E-state index in [2.05, 4.69) is 15.4 Å². The van der Waals surface area contributed by atoms with Gasteiger partial charge in [0.2, 0.25) is 5.91 Å². The second kappa shape index (κ2) is 11.6. The summed E-state index contributed by atoms with van der Waals surface area (Å²) in [7, 11) is 0. The molecule has 0 bridgehead atoms. The van der Waals surface area contributed by atoms with E-state index in [9.17, 15) is 14.1 Å². The smallest absolute Gasteiger partial charge is 0.222 e. The van der Waals surface area contributed by atoms with E-state index in [1.165, 1.54) is 0 Å². The van der Waals surface area contributed by atoms with Gasteiger partial charge in [-0.2, -0.15) is 0 Å². The van der Waals surface area contributed by atoms with Crippen LogP contribution in [0.4, 0.5) is 21.5 Å². The molecular weight excluding hydrogens is 455 g/mol. The molecule has 0 unspecified atom stereocenters. The fourth-order valence-electron chi connectivity index (χ4n) is 5.05. The van der Waals surface area contributed by atoms with E-state index in [0.29, 0.717) is 23.9 Å². The Balaban J connectivity index is 1.16. The van der Waals surface area contributed by atoms with E-state index in [4.69, 9.17) is 11.6 Å². The normalized spacial score (nSPS) is 20.8. The predicted octanol–water partition coefficient (Wildman–Crippen LogP) is 6.31. The van der Waals surface area contributed by atoms with Gasteiger partial charge in [-0.3, -0.25) is 4.79 Å². The summed E-state index contributed by atoms with van der Waals surface area (Å²) < 4.78 is 13.1. The molecular formula is C26H32ClFN4O2. The number of carbonyl (C=O) groups is 1. The first-order chi connectivity index (χ1) is 16.6. The second-order valence-electron chi connectivity index (χ2n) is 9.31. The minimum absolute atomic E-state index is 0.160. The van der Waals surface area contributed by atoms with Crippen molar-refractivity contribution in [2.45, 2.75) is 51.2 Å². The van der Waals surface area contributed by atoms with Crippen LogP contribution >= 0.6 is 11.6 Å². The SMILES string of the molecule is O=Nc1ccc(NC2CCC(CCC(=O)N3CCN(c4ccc(Cl)cc4)CC3)CC2)cc1CF. The van der Waals surface area contributed by atoms with Crippen LogP contribution in [0.3, 0.4) is 0 Å².